The van der Waals surface area contributed by atoms with Gasteiger partial charge in [-0.05, 0) is 6.42 Å². The Morgan fingerprint density at radius 1 is 1.69 bits per heavy atom. The summed E-state index contributed by atoms with van der Waals surface area (Å²) in [6.45, 7) is 2.02. The zero-order chi connectivity index (χ0) is 11.5. The minimum Gasteiger partial charge on any atom is -0.296 e. The van der Waals surface area contributed by atoms with E-state index in [2.05, 4.69) is 15.6 Å². The lowest BCUT2D eigenvalue weighted by molar-refractivity contribution is -0.125. The molecule has 2 unspecified atom stereocenters. The van der Waals surface area contributed by atoms with Crippen molar-refractivity contribution in [3.05, 3.63) is 16.6 Å². The van der Waals surface area contributed by atoms with Gasteiger partial charge in [-0.15, -0.1) is 11.3 Å². The number of imide groups is 1. The molecule has 0 spiro atoms. The zero-order valence-corrected chi connectivity index (χ0v) is 9.71. The quantitative estimate of drug-likeness (QED) is 0.755. The van der Waals surface area contributed by atoms with E-state index in [1.165, 1.54) is 0 Å². The van der Waals surface area contributed by atoms with E-state index in [0.29, 0.717) is 0 Å². The van der Waals surface area contributed by atoms with Gasteiger partial charge < -0.3 is 0 Å². The van der Waals surface area contributed by atoms with Crippen LogP contribution in [0.15, 0.2) is 11.6 Å². The van der Waals surface area contributed by atoms with Gasteiger partial charge in [-0.3, -0.25) is 20.2 Å². The summed E-state index contributed by atoms with van der Waals surface area (Å²) in [5, 5.41) is 8.30. The van der Waals surface area contributed by atoms with Gasteiger partial charge in [0.25, 0.3) is 0 Å². The normalized spacial score (nSPS) is 22.2. The van der Waals surface area contributed by atoms with Gasteiger partial charge in [0, 0.05) is 11.6 Å². The molecule has 1 aromatic heterocycles. The van der Waals surface area contributed by atoms with E-state index in [1.807, 2.05) is 12.3 Å². The fourth-order valence-electron chi connectivity index (χ4n) is 1.70. The van der Waals surface area contributed by atoms with Crippen LogP contribution in [0.4, 0.5) is 0 Å². The molecule has 0 saturated carbocycles. The zero-order valence-electron chi connectivity index (χ0n) is 8.90. The number of nitrogens with one attached hydrogen (secondary N) is 2. The van der Waals surface area contributed by atoms with Crippen LogP contribution in [0.2, 0.25) is 0 Å². The number of carbonyl (C=O) groups excluding carboxylic acids is 2. The first-order valence-electron chi connectivity index (χ1n) is 5.20. The third-order valence-electron chi connectivity index (χ3n) is 2.53. The Morgan fingerprint density at radius 3 is 3.00 bits per heavy atom. The maximum atomic E-state index is 11.4. The molecule has 1 fully saturated rings. The predicted molar refractivity (Wildman–Crippen MR) is 59.8 cm³/mol. The van der Waals surface area contributed by atoms with Gasteiger partial charge in [0.05, 0.1) is 18.5 Å². The number of rotatable bonds is 4. The first kappa shape index (κ1) is 11.2. The maximum Gasteiger partial charge on any atom is 0.244 e. The standard InChI is InChI=1S/C10H13N3O2S/c1-2-6(10-11-3-4-16-10)12-7-5-8(14)13-9(7)15/h3-4,6-7,12H,2,5H2,1H3,(H,13,14,15). The van der Waals surface area contributed by atoms with Crippen LogP contribution >= 0.6 is 11.3 Å². The van der Waals surface area contributed by atoms with E-state index in [9.17, 15) is 9.59 Å². The number of hydrogen-bond acceptors (Lipinski definition) is 5. The third-order valence-corrected chi connectivity index (χ3v) is 3.42. The Labute approximate surface area is 97.3 Å². The second-order valence-electron chi connectivity index (χ2n) is 3.67. The number of aromatic nitrogens is 1. The number of nitrogens with zero attached hydrogens (tertiary/aromatic N) is 1. The van der Waals surface area contributed by atoms with Gasteiger partial charge in [0.2, 0.25) is 11.8 Å². The molecule has 2 rings (SSSR count). The highest BCUT2D eigenvalue weighted by atomic mass is 32.1. The van der Waals surface area contributed by atoms with Crippen LogP contribution in [0.25, 0.3) is 0 Å². The highest BCUT2D eigenvalue weighted by molar-refractivity contribution is 7.09. The van der Waals surface area contributed by atoms with Gasteiger partial charge in [0.1, 0.15) is 5.01 Å². The summed E-state index contributed by atoms with van der Waals surface area (Å²) in [5.41, 5.74) is 0. The fourth-order valence-corrected chi connectivity index (χ4v) is 2.48. The molecule has 1 aliphatic heterocycles. The number of carbonyl (C=O) groups is 2. The monoisotopic (exact) mass is 239 g/mol. The Kier molecular flexibility index (Phi) is 3.31. The second-order valence-corrected chi connectivity index (χ2v) is 4.59. The van der Waals surface area contributed by atoms with Gasteiger partial charge >= 0.3 is 0 Å². The number of thiazole rings is 1. The molecule has 0 aliphatic carbocycles. The van der Waals surface area contributed by atoms with Gasteiger partial charge in [-0.2, -0.15) is 0 Å². The van der Waals surface area contributed by atoms with E-state index in [1.54, 1.807) is 17.5 Å². The molecule has 2 atom stereocenters. The van der Waals surface area contributed by atoms with Crippen molar-refractivity contribution < 1.29 is 9.59 Å². The summed E-state index contributed by atoms with van der Waals surface area (Å²) >= 11 is 1.55. The van der Waals surface area contributed by atoms with Gasteiger partial charge in [-0.25, -0.2) is 4.98 Å². The molecular weight excluding hydrogens is 226 g/mol. The summed E-state index contributed by atoms with van der Waals surface area (Å²) in [7, 11) is 0. The van der Waals surface area contributed by atoms with Crippen molar-refractivity contribution in [2.45, 2.75) is 31.8 Å². The Bertz CT molecular complexity index is 391. The van der Waals surface area contributed by atoms with Gasteiger partial charge in [-0.1, -0.05) is 6.92 Å². The topological polar surface area (TPSA) is 71.1 Å². The van der Waals surface area contributed by atoms with Crippen molar-refractivity contribution >= 4 is 23.2 Å². The summed E-state index contributed by atoms with van der Waals surface area (Å²) in [6.07, 6.45) is 2.80. The Hall–Kier alpha value is -1.27. The molecule has 0 aromatic carbocycles. The van der Waals surface area contributed by atoms with Crippen LogP contribution in [0.5, 0.6) is 0 Å². The maximum absolute atomic E-state index is 11.4. The van der Waals surface area contributed by atoms with Crippen molar-refractivity contribution in [1.82, 2.24) is 15.6 Å². The largest absolute Gasteiger partial charge is 0.296 e. The Balaban J connectivity index is 2.02. The molecule has 0 bridgehead atoms. The average molecular weight is 239 g/mol. The molecule has 86 valence electrons. The fraction of sp³-hybridized carbons (Fsp3) is 0.500. The van der Waals surface area contributed by atoms with Crippen molar-refractivity contribution in [3.8, 4) is 0 Å². The van der Waals surface area contributed by atoms with Crippen LogP contribution in [0.1, 0.15) is 30.8 Å². The van der Waals surface area contributed by atoms with Crippen molar-refractivity contribution in [2.24, 2.45) is 0 Å². The second kappa shape index (κ2) is 4.71. The van der Waals surface area contributed by atoms with Crippen molar-refractivity contribution in [3.63, 3.8) is 0 Å². The molecule has 1 saturated heterocycles. The van der Waals surface area contributed by atoms with Crippen LogP contribution in [-0.2, 0) is 9.59 Å². The minimum atomic E-state index is -0.415. The minimum absolute atomic E-state index is 0.0432. The summed E-state index contributed by atoms with van der Waals surface area (Å²) < 4.78 is 0. The molecular formula is C10H13N3O2S. The van der Waals surface area contributed by atoms with Gasteiger partial charge in [0.15, 0.2) is 0 Å². The molecule has 1 aliphatic rings. The lowest BCUT2D eigenvalue weighted by Crippen LogP contribution is -2.38. The highest BCUT2D eigenvalue weighted by Gasteiger charge is 2.32. The number of hydrogen-bond donors (Lipinski definition) is 2. The molecule has 0 radical (unpaired) electrons. The molecule has 2 heterocycles. The Morgan fingerprint density at radius 2 is 2.50 bits per heavy atom. The average Bonchev–Trinajstić information content (AvgIpc) is 2.85. The summed E-state index contributed by atoms with van der Waals surface area (Å²) in [6, 6.07) is -0.372. The molecule has 2 N–H and O–H groups in total. The molecule has 5 nitrogen and oxygen atoms in total. The molecule has 1 aromatic rings. The first-order valence-corrected chi connectivity index (χ1v) is 6.07. The number of amides is 2. The van der Waals surface area contributed by atoms with E-state index >= 15 is 0 Å². The molecule has 16 heavy (non-hydrogen) atoms. The lowest BCUT2D eigenvalue weighted by atomic mass is 10.1. The van der Waals surface area contributed by atoms with Crippen molar-refractivity contribution in [2.75, 3.05) is 0 Å². The molecule has 6 heteroatoms. The predicted octanol–water partition coefficient (Wildman–Crippen LogP) is 0.599. The van der Waals surface area contributed by atoms with Crippen LogP contribution in [0.3, 0.4) is 0 Å². The first-order chi connectivity index (χ1) is 7.70. The van der Waals surface area contributed by atoms with E-state index < -0.39 is 6.04 Å². The highest BCUT2D eigenvalue weighted by Crippen LogP contribution is 2.20. The smallest absolute Gasteiger partial charge is 0.244 e. The van der Waals surface area contributed by atoms with E-state index in [-0.39, 0.29) is 24.3 Å². The third kappa shape index (κ3) is 2.28. The van der Waals surface area contributed by atoms with E-state index in [0.717, 1.165) is 11.4 Å². The van der Waals surface area contributed by atoms with E-state index in [4.69, 9.17) is 0 Å². The van der Waals surface area contributed by atoms with Crippen molar-refractivity contribution in [1.29, 1.82) is 0 Å². The van der Waals surface area contributed by atoms with Crippen LogP contribution in [0, 0.1) is 0 Å². The summed E-state index contributed by atoms with van der Waals surface area (Å²) in [4.78, 5) is 26.6. The SMILES string of the molecule is CCC(NC1CC(=O)NC1=O)c1nccs1. The molecule has 2 amide bonds. The summed E-state index contributed by atoms with van der Waals surface area (Å²) in [5.74, 6) is -0.448. The lowest BCUT2D eigenvalue weighted by Gasteiger charge is -2.17. The van der Waals surface area contributed by atoms with Crippen LogP contribution < -0.4 is 10.6 Å². The van der Waals surface area contributed by atoms with Crippen LogP contribution in [-0.4, -0.2) is 22.8 Å².